The van der Waals surface area contributed by atoms with Gasteiger partial charge in [0.2, 0.25) is 5.91 Å². The molecule has 8 nitrogen and oxygen atoms in total. The molecule has 9 heteroatoms. The lowest BCUT2D eigenvalue weighted by atomic mass is 10.2. The zero-order valence-electron chi connectivity index (χ0n) is 13.2. The number of H-pyrrole nitrogens is 1. The normalized spacial score (nSPS) is 10.5. The molecule has 128 valence electrons. The number of nitrogens with one attached hydrogen (secondary N) is 3. The Kier molecular flexibility index (Phi) is 4.80. The number of fused-ring (bicyclic) bond motifs is 1. The maximum absolute atomic E-state index is 12.1. The molecule has 2 amide bonds. The Morgan fingerprint density at radius 2 is 1.96 bits per heavy atom. The van der Waals surface area contributed by atoms with Gasteiger partial charge in [0.1, 0.15) is 16.8 Å². The highest BCUT2D eigenvalue weighted by Gasteiger charge is 2.12. The fourth-order valence-electron chi connectivity index (χ4n) is 2.22. The van der Waals surface area contributed by atoms with Gasteiger partial charge >= 0.3 is 0 Å². The molecule has 0 aliphatic rings. The maximum Gasteiger partial charge on any atom is 0.251 e. The predicted octanol–water partition coefficient (Wildman–Crippen LogP) is 1.99. The Hall–Kier alpha value is -3.13. The average Bonchev–Trinajstić information content (AvgIpc) is 3.07. The number of rotatable bonds is 5. The van der Waals surface area contributed by atoms with Crippen molar-refractivity contribution >= 4 is 40.1 Å². The number of aromatic amines is 1. The molecule has 3 aromatic rings. The van der Waals surface area contributed by atoms with Crippen molar-refractivity contribution < 1.29 is 14.3 Å². The molecule has 0 saturated carbocycles. The van der Waals surface area contributed by atoms with Gasteiger partial charge in [-0.3, -0.25) is 9.59 Å². The van der Waals surface area contributed by atoms with Gasteiger partial charge in [-0.2, -0.15) is 15.4 Å². The highest BCUT2D eigenvalue weighted by molar-refractivity contribution is 6.31. The molecule has 2 aromatic carbocycles. The summed E-state index contributed by atoms with van der Waals surface area (Å²) in [5.41, 5.74) is 2.04. The molecule has 0 radical (unpaired) electrons. The molecule has 0 bridgehead atoms. The minimum Gasteiger partial charge on any atom is -0.495 e. The molecule has 0 aliphatic heterocycles. The smallest absolute Gasteiger partial charge is 0.251 e. The van der Waals surface area contributed by atoms with Crippen molar-refractivity contribution in [3.63, 3.8) is 0 Å². The summed E-state index contributed by atoms with van der Waals surface area (Å²) in [5, 5.41) is 16.0. The average molecular weight is 360 g/mol. The van der Waals surface area contributed by atoms with Crippen LogP contribution in [-0.2, 0) is 4.79 Å². The number of hydrogen-bond acceptors (Lipinski definition) is 5. The molecule has 0 fully saturated rings. The van der Waals surface area contributed by atoms with Crippen LogP contribution in [-0.4, -0.2) is 40.9 Å². The fraction of sp³-hybridized carbons (Fsp3) is 0.125. The van der Waals surface area contributed by atoms with E-state index in [-0.39, 0.29) is 6.54 Å². The van der Waals surface area contributed by atoms with Crippen molar-refractivity contribution in [1.29, 1.82) is 0 Å². The van der Waals surface area contributed by atoms with E-state index in [1.807, 2.05) is 0 Å². The van der Waals surface area contributed by atoms with Gasteiger partial charge in [-0.05, 0) is 36.4 Å². The van der Waals surface area contributed by atoms with Crippen molar-refractivity contribution in [1.82, 2.24) is 20.7 Å². The summed E-state index contributed by atoms with van der Waals surface area (Å²) in [5.74, 6) is -0.324. The first-order chi connectivity index (χ1) is 12.1. The van der Waals surface area contributed by atoms with E-state index in [0.717, 1.165) is 0 Å². The molecule has 0 atom stereocenters. The molecule has 1 heterocycles. The Bertz CT molecular complexity index is 940. The largest absolute Gasteiger partial charge is 0.495 e. The van der Waals surface area contributed by atoms with E-state index < -0.39 is 11.8 Å². The minimum atomic E-state index is -0.406. The Morgan fingerprint density at radius 3 is 2.76 bits per heavy atom. The summed E-state index contributed by atoms with van der Waals surface area (Å²) in [6.07, 6.45) is 0. The van der Waals surface area contributed by atoms with Gasteiger partial charge in [0.25, 0.3) is 5.91 Å². The fourth-order valence-corrected chi connectivity index (χ4v) is 2.39. The molecule has 0 spiro atoms. The second-order valence-corrected chi connectivity index (χ2v) is 5.54. The molecule has 0 saturated heterocycles. The van der Waals surface area contributed by atoms with Gasteiger partial charge in [-0.25, -0.2) is 0 Å². The van der Waals surface area contributed by atoms with Gasteiger partial charge < -0.3 is 15.4 Å². The van der Waals surface area contributed by atoms with Crippen molar-refractivity contribution in [2.75, 3.05) is 19.0 Å². The first kappa shape index (κ1) is 16.7. The zero-order valence-corrected chi connectivity index (χ0v) is 13.9. The molecular formula is C16H14ClN5O3. The van der Waals surface area contributed by atoms with Gasteiger partial charge in [0.15, 0.2) is 0 Å². The van der Waals surface area contributed by atoms with Gasteiger partial charge in [-0.15, -0.1) is 0 Å². The number of hydrogen-bond donors (Lipinski definition) is 3. The van der Waals surface area contributed by atoms with Crippen molar-refractivity contribution in [2.45, 2.75) is 0 Å². The van der Waals surface area contributed by atoms with E-state index in [0.29, 0.717) is 33.1 Å². The number of halogens is 1. The van der Waals surface area contributed by atoms with Gasteiger partial charge in [0, 0.05) is 10.6 Å². The van der Waals surface area contributed by atoms with Crippen LogP contribution in [0.15, 0.2) is 36.4 Å². The second-order valence-electron chi connectivity index (χ2n) is 5.10. The maximum atomic E-state index is 12.1. The number of ether oxygens (including phenoxy) is 1. The number of anilines is 1. The zero-order chi connectivity index (χ0) is 17.8. The SMILES string of the molecule is COc1ccc(Cl)cc1NC(=O)CNC(=O)c1ccc2n[nH]nc2c1. The van der Waals surface area contributed by atoms with Crippen LogP contribution in [0.3, 0.4) is 0 Å². The topological polar surface area (TPSA) is 109 Å². The lowest BCUT2D eigenvalue weighted by Crippen LogP contribution is -2.32. The number of nitrogens with zero attached hydrogens (tertiary/aromatic N) is 2. The van der Waals surface area contributed by atoms with Gasteiger partial charge in [-0.1, -0.05) is 11.6 Å². The molecule has 1 aromatic heterocycles. The van der Waals surface area contributed by atoms with Crippen LogP contribution in [0.1, 0.15) is 10.4 Å². The van der Waals surface area contributed by atoms with E-state index in [1.165, 1.54) is 7.11 Å². The molecular weight excluding hydrogens is 346 g/mol. The Balaban J connectivity index is 1.62. The molecule has 0 aliphatic carbocycles. The number of methoxy groups -OCH3 is 1. The third-order valence-corrected chi connectivity index (χ3v) is 3.66. The van der Waals surface area contributed by atoms with Crippen molar-refractivity contribution in [3.05, 3.63) is 47.0 Å². The summed E-state index contributed by atoms with van der Waals surface area (Å²) in [6.45, 7) is -0.203. The Labute approximate surface area is 147 Å². The molecule has 3 N–H and O–H groups in total. The van der Waals surface area contributed by atoms with Crippen LogP contribution in [0.25, 0.3) is 11.0 Å². The summed E-state index contributed by atoms with van der Waals surface area (Å²) < 4.78 is 5.15. The summed E-state index contributed by atoms with van der Waals surface area (Å²) in [6, 6.07) is 9.73. The first-order valence-corrected chi connectivity index (χ1v) is 7.67. The molecule has 3 rings (SSSR count). The third-order valence-electron chi connectivity index (χ3n) is 3.42. The first-order valence-electron chi connectivity index (χ1n) is 7.29. The lowest BCUT2D eigenvalue weighted by molar-refractivity contribution is -0.115. The Morgan fingerprint density at radius 1 is 1.16 bits per heavy atom. The molecule has 0 unspecified atom stereocenters. The number of benzene rings is 2. The van der Waals surface area contributed by atoms with Crippen LogP contribution in [0.2, 0.25) is 5.02 Å². The summed E-state index contributed by atoms with van der Waals surface area (Å²) in [4.78, 5) is 24.2. The predicted molar refractivity (Wildman–Crippen MR) is 92.9 cm³/mol. The van der Waals surface area contributed by atoms with E-state index in [1.54, 1.807) is 36.4 Å². The van der Waals surface area contributed by atoms with E-state index in [4.69, 9.17) is 16.3 Å². The third kappa shape index (κ3) is 3.86. The minimum absolute atomic E-state index is 0.203. The number of aromatic nitrogens is 3. The number of carbonyl (C=O) groups is 2. The quantitative estimate of drug-likeness (QED) is 0.645. The van der Waals surface area contributed by atoms with Crippen LogP contribution in [0, 0.1) is 0 Å². The van der Waals surface area contributed by atoms with Crippen molar-refractivity contribution in [3.8, 4) is 5.75 Å². The van der Waals surface area contributed by atoms with Crippen LogP contribution in [0.4, 0.5) is 5.69 Å². The van der Waals surface area contributed by atoms with Gasteiger partial charge in [0.05, 0.1) is 19.3 Å². The standard InChI is InChI=1S/C16H14ClN5O3/c1-25-14-5-3-10(17)7-13(14)19-15(23)8-18-16(24)9-2-4-11-12(6-9)21-22-20-11/h2-7H,8H2,1H3,(H,18,24)(H,19,23)(H,20,21,22). The van der Waals surface area contributed by atoms with Crippen LogP contribution < -0.4 is 15.4 Å². The summed E-state index contributed by atoms with van der Waals surface area (Å²) >= 11 is 5.91. The van der Waals surface area contributed by atoms with Crippen LogP contribution in [0.5, 0.6) is 5.75 Å². The van der Waals surface area contributed by atoms with Crippen molar-refractivity contribution in [2.24, 2.45) is 0 Å². The van der Waals surface area contributed by atoms with E-state index in [9.17, 15) is 9.59 Å². The van der Waals surface area contributed by atoms with Crippen LogP contribution >= 0.6 is 11.6 Å². The second kappa shape index (κ2) is 7.18. The highest BCUT2D eigenvalue weighted by Crippen LogP contribution is 2.27. The molecule has 25 heavy (non-hydrogen) atoms. The number of amides is 2. The van der Waals surface area contributed by atoms with E-state index >= 15 is 0 Å². The highest BCUT2D eigenvalue weighted by atomic mass is 35.5. The number of carbonyl (C=O) groups excluding carboxylic acids is 2. The summed E-state index contributed by atoms with van der Waals surface area (Å²) in [7, 11) is 1.49. The van der Waals surface area contributed by atoms with E-state index in [2.05, 4.69) is 26.0 Å². The lowest BCUT2D eigenvalue weighted by Gasteiger charge is -2.11. The monoisotopic (exact) mass is 359 g/mol.